The molecule has 134 valence electrons. The van der Waals surface area contributed by atoms with Gasteiger partial charge in [0.2, 0.25) is 0 Å². The second kappa shape index (κ2) is 7.52. The van der Waals surface area contributed by atoms with Crippen LogP contribution in [-0.4, -0.2) is 29.5 Å². The van der Waals surface area contributed by atoms with Gasteiger partial charge in [0.15, 0.2) is 0 Å². The Hall–Kier alpha value is -2.95. The molecule has 0 radical (unpaired) electrons. The highest BCUT2D eigenvalue weighted by Gasteiger charge is 2.09. The Labute approximate surface area is 153 Å². The van der Waals surface area contributed by atoms with Crippen LogP contribution in [0.2, 0.25) is 0 Å². The molecule has 5 heteroatoms. The number of methoxy groups -OCH3 is 1. The second-order valence-electron chi connectivity index (χ2n) is 6.42. The number of hydrogen-bond donors (Lipinski definition) is 1. The lowest BCUT2D eigenvalue weighted by Gasteiger charge is -2.11. The maximum Gasteiger partial charge on any atom is 0.251 e. The molecule has 0 saturated heterocycles. The van der Waals surface area contributed by atoms with Gasteiger partial charge in [-0.2, -0.15) is 0 Å². The van der Waals surface area contributed by atoms with Gasteiger partial charge in [0.1, 0.15) is 5.75 Å². The molecule has 0 bridgehead atoms. The molecule has 0 spiro atoms. The average Bonchev–Trinajstić information content (AvgIpc) is 2.62. The maximum absolute atomic E-state index is 12.5. The fourth-order valence-electron chi connectivity index (χ4n) is 2.89. The van der Waals surface area contributed by atoms with Gasteiger partial charge in [-0.15, -0.1) is 0 Å². The molecule has 0 aliphatic rings. The van der Waals surface area contributed by atoms with Crippen LogP contribution in [0, 0.1) is 20.8 Å². The van der Waals surface area contributed by atoms with Crippen LogP contribution in [-0.2, 0) is 6.42 Å². The molecular formula is C21H23N3O2. The zero-order valence-corrected chi connectivity index (χ0v) is 15.6. The van der Waals surface area contributed by atoms with Crippen LogP contribution >= 0.6 is 0 Å². The zero-order valence-electron chi connectivity index (χ0n) is 15.6. The number of rotatable bonds is 5. The molecule has 3 rings (SSSR count). The predicted molar refractivity (Wildman–Crippen MR) is 103 cm³/mol. The van der Waals surface area contributed by atoms with Crippen LogP contribution in [0.15, 0.2) is 36.4 Å². The van der Waals surface area contributed by atoms with Crippen LogP contribution in [0.5, 0.6) is 5.75 Å². The molecule has 1 heterocycles. The molecule has 1 aromatic heterocycles. The Kier molecular flexibility index (Phi) is 5.16. The van der Waals surface area contributed by atoms with E-state index in [2.05, 4.69) is 21.4 Å². The topological polar surface area (TPSA) is 64.1 Å². The van der Waals surface area contributed by atoms with Gasteiger partial charge in [-0.25, -0.2) is 9.97 Å². The van der Waals surface area contributed by atoms with E-state index in [1.54, 1.807) is 19.2 Å². The lowest BCUT2D eigenvalue weighted by atomic mass is 10.1. The number of aryl methyl sites for hydroxylation is 3. The standard InChI is InChI=1S/C21H23N3O2/c1-13-5-8-20(26-4)16(11-13)9-10-22-21(25)17-6-7-18-19(12-17)24-15(3)14(2)23-18/h5-8,11-12H,9-10H2,1-4H3,(H,22,25). The number of fused-ring (bicyclic) bond motifs is 1. The summed E-state index contributed by atoms with van der Waals surface area (Å²) in [6.07, 6.45) is 0.711. The highest BCUT2D eigenvalue weighted by Crippen LogP contribution is 2.20. The minimum atomic E-state index is -0.112. The highest BCUT2D eigenvalue weighted by atomic mass is 16.5. The number of aromatic nitrogens is 2. The lowest BCUT2D eigenvalue weighted by molar-refractivity contribution is 0.0954. The van der Waals surface area contributed by atoms with Gasteiger partial charge in [-0.05, 0) is 57.0 Å². The lowest BCUT2D eigenvalue weighted by Crippen LogP contribution is -2.25. The summed E-state index contributed by atoms with van der Waals surface area (Å²) in [4.78, 5) is 21.5. The van der Waals surface area contributed by atoms with Crippen molar-refractivity contribution < 1.29 is 9.53 Å². The van der Waals surface area contributed by atoms with Crippen molar-refractivity contribution in [1.82, 2.24) is 15.3 Å². The van der Waals surface area contributed by atoms with E-state index in [4.69, 9.17) is 4.74 Å². The minimum absolute atomic E-state index is 0.112. The Morgan fingerprint density at radius 2 is 1.73 bits per heavy atom. The van der Waals surface area contributed by atoms with Crippen LogP contribution in [0.4, 0.5) is 0 Å². The number of carbonyl (C=O) groups excluding carboxylic acids is 1. The molecule has 2 aromatic carbocycles. The first-order chi connectivity index (χ1) is 12.5. The molecule has 0 aliphatic heterocycles. The number of nitrogens with one attached hydrogen (secondary N) is 1. The summed E-state index contributed by atoms with van der Waals surface area (Å²) in [6, 6.07) is 11.5. The van der Waals surface area contributed by atoms with Gasteiger partial charge in [-0.1, -0.05) is 17.7 Å². The maximum atomic E-state index is 12.5. The van der Waals surface area contributed by atoms with Crippen molar-refractivity contribution in [3.8, 4) is 5.75 Å². The Bertz CT molecular complexity index is 967. The Morgan fingerprint density at radius 1 is 1.00 bits per heavy atom. The summed E-state index contributed by atoms with van der Waals surface area (Å²) in [5.41, 5.74) is 6.17. The quantitative estimate of drug-likeness (QED) is 0.765. The monoisotopic (exact) mass is 349 g/mol. The number of amides is 1. The Morgan fingerprint density at radius 3 is 2.46 bits per heavy atom. The van der Waals surface area contributed by atoms with Gasteiger partial charge in [0.25, 0.3) is 5.91 Å². The fourth-order valence-corrected chi connectivity index (χ4v) is 2.89. The molecule has 0 saturated carbocycles. The van der Waals surface area contributed by atoms with Gasteiger partial charge in [-0.3, -0.25) is 4.79 Å². The normalized spacial score (nSPS) is 10.8. The third-order valence-electron chi connectivity index (χ3n) is 4.45. The van der Waals surface area contributed by atoms with E-state index < -0.39 is 0 Å². The first-order valence-electron chi connectivity index (χ1n) is 8.64. The van der Waals surface area contributed by atoms with Crippen LogP contribution in [0.3, 0.4) is 0 Å². The molecule has 3 aromatic rings. The van der Waals surface area contributed by atoms with Crippen LogP contribution in [0.25, 0.3) is 11.0 Å². The van der Waals surface area contributed by atoms with E-state index >= 15 is 0 Å². The first-order valence-corrected chi connectivity index (χ1v) is 8.64. The highest BCUT2D eigenvalue weighted by molar-refractivity contribution is 5.97. The minimum Gasteiger partial charge on any atom is -0.496 e. The van der Waals surface area contributed by atoms with E-state index in [1.165, 1.54) is 5.56 Å². The molecule has 1 N–H and O–H groups in total. The third kappa shape index (κ3) is 3.82. The van der Waals surface area contributed by atoms with E-state index in [0.29, 0.717) is 18.5 Å². The largest absolute Gasteiger partial charge is 0.496 e. The summed E-state index contributed by atoms with van der Waals surface area (Å²) in [5, 5.41) is 2.97. The first kappa shape index (κ1) is 17.9. The van der Waals surface area contributed by atoms with Crippen LogP contribution < -0.4 is 10.1 Å². The summed E-state index contributed by atoms with van der Waals surface area (Å²) in [6.45, 7) is 6.43. The SMILES string of the molecule is COc1ccc(C)cc1CCNC(=O)c1ccc2nc(C)c(C)nc2c1. The zero-order chi connectivity index (χ0) is 18.7. The number of benzene rings is 2. The predicted octanol–water partition coefficient (Wildman–Crippen LogP) is 3.54. The van der Waals surface area contributed by atoms with Crippen molar-refractivity contribution in [2.75, 3.05) is 13.7 Å². The molecule has 5 nitrogen and oxygen atoms in total. The molecule has 1 amide bonds. The van der Waals surface area contributed by atoms with E-state index in [0.717, 1.165) is 33.7 Å². The van der Waals surface area contributed by atoms with Crippen LogP contribution in [0.1, 0.15) is 32.9 Å². The van der Waals surface area contributed by atoms with E-state index in [9.17, 15) is 4.79 Å². The van der Waals surface area contributed by atoms with Gasteiger partial charge >= 0.3 is 0 Å². The van der Waals surface area contributed by atoms with Crippen molar-refractivity contribution in [2.24, 2.45) is 0 Å². The number of carbonyl (C=O) groups is 1. The number of ether oxygens (including phenoxy) is 1. The second-order valence-corrected chi connectivity index (χ2v) is 6.42. The van der Waals surface area contributed by atoms with E-state index in [1.807, 2.05) is 39.0 Å². The smallest absolute Gasteiger partial charge is 0.251 e. The van der Waals surface area contributed by atoms with Crippen molar-refractivity contribution in [3.05, 3.63) is 64.5 Å². The van der Waals surface area contributed by atoms with Gasteiger partial charge < -0.3 is 10.1 Å². The molecule has 0 fully saturated rings. The number of hydrogen-bond acceptors (Lipinski definition) is 4. The van der Waals surface area contributed by atoms with Crippen molar-refractivity contribution in [2.45, 2.75) is 27.2 Å². The van der Waals surface area contributed by atoms with Crippen molar-refractivity contribution in [1.29, 1.82) is 0 Å². The molecule has 26 heavy (non-hydrogen) atoms. The van der Waals surface area contributed by atoms with E-state index in [-0.39, 0.29) is 5.91 Å². The molecular weight excluding hydrogens is 326 g/mol. The molecule has 0 atom stereocenters. The summed E-state index contributed by atoms with van der Waals surface area (Å²) in [5.74, 6) is 0.732. The van der Waals surface area contributed by atoms with Gasteiger partial charge in [0, 0.05) is 12.1 Å². The third-order valence-corrected chi connectivity index (χ3v) is 4.45. The summed E-state index contributed by atoms with van der Waals surface area (Å²) < 4.78 is 5.38. The molecule has 0 unspecified atom stereocenters. The van der Waals surface area contributed by atoms with Crippen molar-refractivity contribution in [3.63, 3.8) is 0 Å². The summed E-state index contributed by atoms with van der Waals surface area (Å²) in [7, 11) is 1.66. The molecule has 0 aliphatic carbocycles. The Balaban J connectivity index is 1.70. The fraction of sp³-hybridized carbons (Fsp3) is 0.286. The average molecular weight is 349 g/mol. The summed E-state index contributed by atoms with van der Waals surface area (Å²) >= 11 is 0. The van der Waals surface area contributed by atoms with Crippen molar-refractivity contribution >= 4 is 16.9 Å². The number of nitrogens with zero attached hydrogens (tertiary/aromatic N) is 2. The van der Waals surface area contributed by atoms with Gasteiger partial charge in [0.05, 0.1) is 29.5 Å².